The highest BCUT2D eigenvalue weighted by Crippen LogP contribution is 2.18. The van der Waals surface area contributed by atoms with Crippen molar-refractivity contribution in [1.82, 2.24) is 0 Å². The normalized spacial score (nSPS) is 12.5. The first kappa shape index (κ1) is 61.4. The van der Waals surface area contributed by atoms with Crippen molar-refractivity contribution in [1.29, 1.82) is 0 Å². The van der Waals surface area contributed by atoms with E-state index in [4.69, 9.17) is 14.2 Å². The van der Waals surface area contributed by atoms with Crippen LogP contribution in [0, 0.1) is 11.8 Å². The van der Waals surface area contributed by atoms with E-state index in [9.17, 15) is 14.4 Å². The van der Waals surface area contributed by atoms with Gasteiger partial charge in [-0.25, -0.2) is 0 Å². The molecule has 1 unspecified atom stereocenters. The molecule has 0 radical (unpaired) electrons. The average molecular weight is 892 g/mol. The van der Waals surface area contributed by atoms with Crippen molar-refractivity contribution < 1.29 is 28.6 Å². The second-order valence-electron chi connectivity index (χ2n) is 20.3. The summed E-state index contributed by atoms with van der Waals surface area (Å²) in [6.45, 7) is 11.4. The molecular weight excluding hydrogens is 781 g/mol. The van der Waals surface area contributed by atoms with Crippen LogP contribution in [0.15, 0.2) is 0 Å². The Morgan fingerprint density at radius 1 is 0.333 bits per heavy atom. The SMILES string of the molecule is CCCCCCCCCCCCCCCCCCCCC(=O)O[C@@H](COC(=O)CCCCCCCCCCCCCCCCC(C)CC)COC(=O)CCCCCCCCC(C)C. The molecule has 374 valence electrons. The number of carbonyl (C=O) groups excluding carboxylic acids is 3. The second-order valence-corrected chi connectivity index (χ2v) is 20.3. The van der Waals surface area contributed by atoms with Gasteiger partial charge in [0.15, 0.2) is 6.10 Å². The Morgan fingerprint density at radius 3 is 0.905 bits per heavy atom. The number of esters is 3. The molecule has 6 heteroatoms. The van der Waals surface area contributed by atoms with Gasteiger partial charge in [-0.15, -0.1) is 0 Å². The third kappa shape index (κ3) is 49.7. The molecule has 0 aliphatic rings. The molecule has 0 aromatic carbocycles. The second kappa shape index (κ2) is 49.8. The number of unbranched alkanes of at least 4 members (excludes halogenated alkanes) is 35. The van der Waals surface area contributed by atoms with Crippen LogP contribution in [0.3, 0.4) is 0 Å². The van der Waals surface area contributed by atoms with Crippen LogP contribution in [-0.2, 0) is 28.6 Å². The predicted octanol–water partition coefficient (Wildman–Crippen LogP) is 18.5. The number of rotatable bonds is 51. The molecule has 0 saturated heterocycles. The highest BCUT2D eigenvalue weighted by Gasteiger charge is 2.19. The summed E-state index contributed by atoms with van der Waals surface area (Å²) < 4.78 is 16.8. The number of hydrogen-bond donors (Lipinski definition) is 0. The maximum Gasteiger partial charge on any atom is 0.306 e. The average Bonchev–Trinajstić information content (AvgIpc) is 3.27. The van der Waals surface area contributed by atoms with E-state index in [2.05, 4.69) is 34.6 Å². The summed E-state index contributed by atoms with van der Waals surface area (Å²) in [5.41, 5.74) is 0. The molecule has 0 N–H and O–H groups in total. The van der Waals surface area contributed by atoms with Crippen LogP contribution < -0.4 is 0 Å². The summed E-state index contributed by atoms with van der Waals surface area (Å²) >= 11 is 0. The summed E-state index contributed by atoms with van der Waals surface area (Å²) in [6, 6.07) is 0. The van der Waals surface area contributed by atoms with Crippen molar-refractivity contribution in [2.75, 3.05) is 13.2 Å². The lowest BCUT2D eigenvalue weighted by Crippen LogP contribution is -2.30. The molecular formula is C57H110O6. The Kier molecular flexibility index (Phi) is 48.6. The van der Waals surface area contributed by atoms with Gasteiger partial charge in [0, 0.05) is 19.3 Å². The molecule has 0 rings (SSSR count). The molecule has 6 nitrogen and oxygen atoms in total. The highest BCUT2D eigenvalue weighted by molar-refractivity contribution is 5.71. The standard InChI is InChI=1S/C57H110O6/c1-6-8-9-10-11-12-13-14-15-16-17-18-23-26-29-32-39-44-49-57(60)63-54(51-62-56(59)48-43-38-34-33-35-40-45-52(3)4)50-61-55(58)47-42-37-31-28-25-22-20-19-21-24-27-30-36-41-46-53(5)7-2/h52-54H,6-51H2,1-5H3/t53?,54-/m0/s1. The van der Waals surface area contributed by atoms with Crippen molar-refractivity contribution in [2.24, 2.45) is 11.8 Å². The Labute approximate surface area is 393 Å². The zero-order chi connectivity index (χ0) is 46.1. The van der Waals surface area contributed by atoms with E-state index >= 15 is 0 Å². The lowest BCUT2D eigenvalue weighted by Gasteiger charge is -2.18. The zero-order valence-corrected chi connectivity index (χ0v) is 43.2. The van der Waals surface area contributed by atoms with Gasteiger partial charge in [0.05, 0.1) is 0 Å². The first-order chi connectivity index (χ1) is 30.8. The van der Waals surface area contributed by atoms with Crippen LogP contribution in [0.4, 0.5) is 0 Å². The minimum Gasteiger partial charge on any atom is -0.462 e. The monoisotopic (exact) mass is 891 g/mol. The number of carbonyl (C=O) groups is 3. The first-order valence-electron chi connectivity index (χ1n) is 28.3. The molecule has 0 aromatic heterocycles. The molecule has 0 aliphatic heterocycles. The van der Waals surface area contributed by atoms with Crippen molar-refractivity contribution in [3.63, 3.8) is 0 Å². The lowest BCUT2D eigenvalue weighted by atomic mass is 9.99. The van der Waals surface area contributed by atoms with Crippen LogP contribution in [0.5, 0.6) is 0 Å². The van der Waals surface area contributed by atoms with Gasteiger partial charge in [-0.05, 0) is 31.1 Å². The summed E-state index contributed by atoms with van der Waals surface area (Å²) in [6.07, 6.45) is 52.5. The van der Waals surface area contributed by atoms with Gasteiger partial charge in [0.1, 0.15) is 13.2 Å². The Hall–Kier alpha value is -1.59. The Bertz CT molecular complexity index is 964. The fourth-order valence-electron chi connectivity index (χ4n) is 8.66. The van der Waals surface area contributed by atoms with Crippen LogP contribution in [-0.4, -0.2) is 37.2 Å². The minimum absolute atomic E-state index is 0.0639. The molecule has 0 spiro atoms. The van der Waals surface area contributed by atoms with E-state index in [1.54, 1.807) is 0 Å². The van der Waals surface area contributed by atoms with Crippen molar-refractivity contribution in [3.05, 3.63) is 0 Å². The molecule has 0 saturated carbocycles. The topological polar surface area (TPSA) is 78.9 Å². The van der Waals surface area contributed by atoms with E-state index in [1.807, 2.05) is 0 Å². The first-order valence-corrected chi connectivity index (χ1v) is 28.3. The van der Waals surface area contributed by atoms with Crippen LogP contribution >= 0.6 is 0 Å². The van der Waals surface area contributed by atoms with Crippen molar-refractivity contribution in [2.45, 2.75) is 323 Å². The maximum absolute atomic E-state index is 12.8. The summed E-state index contributed by atoms with van der Waals surface area (Å²) in [7, 11) is 0. The summed E-state index contributed by atoms with van der Waals surface area (Å²) in [5.74, 6) is 0.812. The van der Waals surface area contributed by atoms with Gasteiger partial charge in [-0.1, -0.05) is 279 Å². The fourth-order valence-corrected chi connectivity index (χ4v) is 8.66. The molecule has 0 aliphatic carbocycles. The van der Waals surface area contributed by atoms with Crippen LogP contribution in [0.1, 0.15) is 317 Å². The third-order valence-electron chi connectivity index (χ3n) is 13.3. The summed E-state index contributed by atoms with van der Waals surface area (Å²) in [5, 5.41) is 0. The van der Waals surface area contributed by atoms with Gasteiger partial charge >= 0.3 is 17.9 Å². The van der Waals surface area contributed by atoms with Gasteiger partial charge in [-0.2, -0.15) is 0 Å². The fraction of sp³-hybridized carbons (Fsp3) is 0.947. The largest absolute Gasteiger partial charge is 0.462 e. The smallest absolute Gasteiger partial charge is 0.306 e. The highest BCUT2D eigenvalue weighted by atomic mass is 16.6. The Balaban J connectivity index is 4.22. The lowest BCUT2D eigenvalue weighted by molar-refractivity contribution is -0.167. The quantitative estimate of drug-likeness (QED) is 0.0344. The van der Waals surface area contributed by atoms with Crippen molar-refractivity contribution >= 4 is 17.9 Å². The van der Waals surface area contributed by atoms with E-state index in [0.29, 0.717) is 19.3 Å². The number of ether oxygens (including phenoxy) is 3. The molecule has 2 atom stereocenters. The molecule has 0 bridgehead atoms. The van der Waals surface area contributed by atoms with Gasteiger partial charge in [-0.3, -0.25) is 14.4 Å². The molecule has 0 fully saturated rings. The van der Waals surface area contributed by atoms with Gasteiger partial charge in [0.2, 0.25) is 0 Å². The van der Waals surface area contributed by atoms with Crippen LogP contribution in [0.25, 0.3) is 0 Å². The molecule has 0 heterocycles. The van der Waals surface area contributed by atoms with E-state index in [1.165, 1.54) is 205 Å². The molecule has 0 aromatic rings. The summed E-state index contributed by atoms with van der Waals surface area (Å²) in [4.78, 5) is 38.0. The molecule has 0 amide bonds. The Morgan fingerprint density at radius 2 is 0.603 bits per heavy atom. The van der Waals surface area contributed by atoms with Gasteiger partial charge in [0.25, 0.3) is 0 Å². The van der Waals surface area contributed by atoms with E-state index < -0.39 is 6.10 Å². The maximum atomic E-state index is 12.8. The third-order valence-corrected chi connectivity index (χ3v) is 13.3. The minimum atomic E-state index is -0.763. The predicted molar refractivity (Wildman–Crippen MR) is 270 cm³/mol. The van der Waals surface area contributed by atoms with E-state index in [0.717, 1.165) is 69.6 Å². The van der Waals surface area contributed by atoms with E-state index in [-0.39, 0.29) is 31.1 Å². The van der Waals surface area contributed by atoms with Crippen LogP contribution in [0.2, 0.25) is 0 Å². The molecule has 63 heavy (non-hydrogen) atoms. The van der Waals surface area contributed by atoms with Crippen molar-refractivity contribution in [3.8, 4) is 0 Å². The number of hydrogen-bond acceptors (Lipinski definition) is 6. The zero-order valence-electron chi connectivity index (χ0n) is 43.2. The van der Waals surface area contributed by atoms with Gasteiger partial charge < -0.3 is 14.2 Å².